The fraction of sp³-hybridized carbons (Fsp3) is 0.690. The van der Waals surface area contributed by atoms with Crippen LogP contribution in [0, 0.1) is 23.2 Å². The van der Waals surface area contributed by atoms with E-state index in [1.165, 1.54) is 12.2 Å². The average molecular weight is 545 g/mol. The van der Waals surface area contributed by atoms with E-state index >= 15 is 0 Å². The van der Waals surface area contributed by atoms with Crippen molar-refractivity contribution in [2.45, 2.75) is 90.4 Å². The van der Waals surface area contributed by atoms with Gasteiger partial charge in [0.2, 0.25) is 17.6 Å². The van der Waals surface area contributed by atoms with Gasteiger partial charge in [0.15, 0.2) is 0 Å². The van der Waals surface area contributed by atoms with E-state index in [0.717, 1.165) is 25.7 Å². The molecule has 0 aromatic carbocycles. The number of likely N-dealkylation sites (tertiary alicyclic amines) is 1. The van der Waals surface area contributed by atoms with Crippen LogP contribution in [0.25, 0.3) is 0 Å². The SMILES string of the molecule is C=CCNC(=O)C(=O)C(CC=C)NC(=O)C1C2C(CN1C(=O)[C@@H](NC(=O)OC(C)(C)C)C1CCCC1)C2(C)C. The molecule has 0 radical (unpaired) electrons. The van der Waals surface area contributed by atoms with E-state index < -0.39 is 47.4 Å². The molecule has 3 fully saturated rings. The van der Waals surface area contributed by atoms with E-state index in [1.54, 1.807) is 25.7 Å². The topological polar surface area (TPSA) is 134 Å². The molecule has 4 amide bonds. The van der Waals surface area contributed by atoms with Crippen molar-refractivity contribution in [3.05, 3.63) is 25.3 Å². The Labute approximate surface area is 231 Å². The Balaban J connectivity index is 1.82. The van der Waals surface area contributed by atoms with Crippen LogP contribution in [0.5, 0.6) is 0 Å². The third-order valence-electron chi connectivity index (χ3n) is 8.24. The molecule has 2 aliphatic carbocycles. The predicted molar refractivity (Wildman–Crippen MR) is 146 cm³/mol. The van der Waals surface area contributed by atoms with Crippen molar-refractivity contribution < 1.29 is 28.7 Å². The number of hydrogen-bond acceptors (Lipinski definition) is 6. The first kappa shape index (κ1) is 30.4. The molecule has 1 saturated heterocycles. The van der Waals surface area contributed by atoms with Crippen LogP contribution in [0.2, 0.25) is 0 Å². The van der Waals surface area contributed by atoms with Crippen molar-refractivity contribution in [1.29, 1.82) is 0 Å². The molecule has 0 aromatic heterocycles. The lowest BCUT2D eigenvalue weighted by Crippen LogP contribution is -2.59. The lowest BCUT2D eigenvalue weighted by Gasteiger charge is -2.35. The Hall–Kier alpha value is -3.17. The summed E-state index contributed by atoms with van der Waals surface area (Å²) in [4.78, 5) is 67.1. The van der Waals surface area contributed by atoms with Gasteiger partial charge in [0.1, 0.15) is 23.7 Å². The number of Topliss-reactive ketones (excluding diaryl/α,β-unsaturated/α-hetero) is 1. The molecule has 2 saturated carbocycles. The zero-order valence-electron chi connectivity index (χ0n) is 23.9. The number of ketones is 1. The molecule has 1 aliphatic heterocycles. The lowest BCUT2D eigenvalue weighted by atomic mass is 9.94. The van der Waals surface area contributed by atoms with Gasteiger partial charge in [-0.3, -0.25) is 19.2 Å². The summed E-state index contributed by atoms with van der Waals surface area (Å²) in [6, 6.07) is -2.74. The summed E-state index contributed by atoms with van der Waals surface area (Å²) >= 11 is 0. The maximum Gasteiger partial charge on any atom is 0.408 e. The van der Waals surface area contributed by atoms with Crippen LogP contribution in [0.3, 0.4) is 0 Å². The number of amides is 4. The largest absolute Gasteiger partial charge is 0.444 e. The third kappa shape index (κ3) is 6.89. The summed E-state index contributed by atoms with van der Waals surface area (Å²) in [5.74, 6) is -2.44. The first-order chi connectivity index (χ1) is 18.2. The summed E-state index contributed by atoms with van der Waals surface area (Å²) in [5.41, 5.74) is -0.876. The minimum absolute atomic E-state index is 0.0534. The van der Waals surface area contributed by atoms with Crippen molar-refractivity contribution >= 4 is 29.6 Å². The molecule has 5 atom stereocenters. The Morgan fingerprint density at radius 2 is 1.69 bits per heavy atom. The second-order valence-electron chi connectivity index (χ2n) is 12.5. The van der Waals surface area contributed by atoms with Gasteiger partial charge in [-0.05, 0) is 63.2 Å². The van der Waals surface area contributed by atoms with Gasteiger partial charge in [0.05, 0.1) is 0 Å². The van der Waals surface area contributed by atoms with Crippen molar-refractivity contribution in [3.63, 3.8) is 0 Å². The number of carbonyl (C=O) groups is 5. The quantitative estimate of drug-likeness (QED) is 0.270. The molecule has 4 unspecified atom stereocenters. The molecular weight excluding hydrogens is 500 g/mol. The highest BCUT2D eigenvalue weighted by Crippen LogP contribution is 2.65. The third-order valence-corrected chi connectivity index (χ3v) is 8.24. The fourth-order valence-corrected chi connectivity index (χ4v) is 6.16. The normalized spacial score (nSPS) is 25.1. The molecule has 0 spiro atoms. The van der Waals surface area contributed by atoms with E-state index in [4.69, 9.17) is 4.74 Å². The second kappa shape index (κ2) is 11.9. The highest BCUT2D eigenvalue weighted by molar-refractivity contribution is 6.38. The molecule has 39 heavy (non-hydrogen) atoms. The summed E-state index contributed by atoms with van der Waals surface area (Å²) in [7, 11) is 0. The summed E-state index contributed by atoms with van der Waals surface area (Å²) in [6.45, 7) is 17.1. The number of nitrogens with one attached hydrogen (secondary N) is 3. The maximum atomic E-state index is 14.0. The Morgan fingerprint density at radius 3 is 2.26 bits per heavy atom. The van der Waals surface area contributed by atoms with Crippen LogP contribution in [0.1, 0.15) is 66.7 Å². The molecule has 0 bridgehead atoms. The second-order valence-corrected chi connectivity index (χ2v) is 12.5. The average Bonchev–Trinajstić information content (AvgIpc) is 3.30. The monoisotopic (exact) mass is 544 g/mol. The molecule has 1 heterocycles. The van der Waals surface area contributed by atoms with Gasteiger partial charge in [0.25, 0.3) is 5.91 Å². The minimum Gasteiger partial charge on any atom is -0.444 e. The first-order valence-electron chi connectivity index (χ1n) is 13.9. The summed E-state index contributed by atoms with van der Waals surface area (Å²) < 4.78 is 5.44. The molecule has 216 valence electrons. The molecule has 10 heteroatoms. The van der Waals surface area contributed by atoms with Crippen LogP contribution >= 0.6 is 0 Å². The van der Waals surface area contributed by atoms with Crippen molar-refractivity contribution in [1.82, 2.24) is 20.9 Å². The zero-order chi connectivity index (χ0) is 29.1. The number of fused-ring (bicyclic) bond motifs is 1. The van der Waals surface area contributed by atoms with Crippen LogP contribution in [-0.4, -0.2) is 71.3 Å². The minimum atomic E-state index is -1.11. The van der Waals surface area contributed by atoms with E-state index in [1.807, 2.05) is 0 Å². The van der Waals surface area contributed by atoms with E-state index in [0.29, 0.717) is 6.54 Å². The Kier molecular flexibility index (Phi) is 9.28. The molecule has 3 N–H and O–H groups in total. The smallest absolute Gasteiger partial charge is 0.408 e. The fourth-order valence-electron chi connectivity index (χ4n) is 6.16. The van der Waals surface area contributed by atoms with Gasteiger partial charge in [-0.1, -0.05) is 38.8 Å². The number of carbonyl (C=O) groups excluding carboxylic acids is 5. The van der Waals surface area contributed by atoms with E-state index in [2.05, 4.69) is 43.0 Å². The van der Waals surface area contributed by atoms with Gasteiger partial charge < -0.3 is 25.6 Å². The van der Waals surface area contributed by atoms with E-state index in [-0.39, 0.29) is 42.0 Å². The first-order valence-corrected chi connectivity index (χ1v) is 13.9. The highest BCUT2D eigenvalue weighted by Gasteiger charge is 2.69. The number of piperidine rings is 1. The van der Waals surface area contributed by atoms with Crippen LogP contribution in [-0.2, 0) is 23.9 Å². The van der Waals surface area contributed by atoms with Crippen molar-refractivity contribution in [2.75, 3.05) is 13.1 Å². The molecule has 3 aliphatic rings. The van der Waals surface area contributed by atoms with Gasteiger partial charge in [-0.2, -0.15) is 0 Å². The summed E-state index contributed by atoms with van der Waals surface area (Å²) in [6.07, 6.45) is 5.84. The van der Waals surface area contributed by atoms with Gasteiger partial charge in [-0.15, -0.1) is 13.2 Å². The molecule has 0 aromatic rings. The predicted octanol–water partition coefficient (Wildman–Crippen LogP) is 2.49. The number of ether oxygens (including phenoxy) is 1. The zero-order valence-corrected chi connectivity index (χ0v) is 23.9. The molecule has 10 nitrogen and oxygen atoms in total. The number of alkyl carbamates (subject to hydrolysis) is 1. The van der Waals surface area contributed by atoms with E-state index in [9.17, 15) is 24.0 Å². The van der Waals surface area contributed by atoms with Gasteiger partial charge >= 0.3 is 6.09 Å². The number of hydrogen-bond donors (Lipinski definition) is 3. The standard InChI is InChI=1S/C29H44N4O6/c1-8-12-19(23(34)25(36)30-15-9-2)31-24(35)22-20-18(29(20,6)7)16-33(22)26(37)21(17-13-10-11-14-17)32-27(38)39-28(3,4)5/h8-9,17-22H,1-2,10-16H2,3-7H3,(H,30,36)(H,31,35)(H,32,38)/t18?,19?,20?,21-,22?/m0/s1. The number of rotatable bonds is 11. The lowest BCUT2D eigenvalue weighted by molar-refractivity contribution is -0.144. The maximum absolute atomic E-state index is 14.0. The van der Waals surface area contributed by atoms with Crippen molar-refractivity contribution in [3.8, 4) is 0 Å². The summed E-state index contributed by atoms with van der Waals surface area (Å²) in [5, 5.41) is 7.97. The van der Waals surface area contributed by atoms with Crippen LogP contribution < -0.4 is 16.0 Å². The van der Waals surface area contributed by atoms with Crippen LogP contribution in [0.15, 0.2) is 25.3 Å². The highest BCUT2D eigenvalue weighted by atomic mass is 16.6. The molecular formula is C29H44N4O6. The van der Waals surface area contributed by atoms with Crippen LogP contribution in [0.4, 0.5) is 4.79 Å². The van der Waals surface area contributed by atoms with Crippen molar-refractivity contribution in [2.24, 2.45) is 23.2 Å². The number of nitrogens with zero attached hydrogens (tertiary/aromatic N) is 1. The van der Waals surface area contributed by atoms with Gasteiger partial charge in [0, 0.05) is 13.1 Å². The Morgan fingerprint density at radius 1 is 1.05 bits per heavy atom. The molecule has 3 rings (SSSR count). The van der Waals surface area contributed by atoms with Gasteiger partial charge in [-0.25, -0.2) is 4.79 Å². The Bertz CT molecular complexity index is 1010.